The molecule has 2 N–H and O–H groups in total. The molecule has 0 fully saturated rings. The molecule has 6 rings (SSSR count). The van der Waals surface area contributed by atoms with E-state index < -0.39 is 0 Å². The second-order valence-electron chi connectivity index (χ2n) is 8.25. The summed E-state index contributed by atoms with van der Waals surface area (Å²) in [6.45, 7) is 0.574. The van der Waals surface area contributed by atoms with Crippen molar-refractivity contribution in [3.63, 3.8) is 0 Å². The smallest absolute Gasteiger partial charge is 0.0706 e. The van der Waals surface area contributed by atoms with E-state index in [2.05, 4.69) is 65.2 Å². The van der Waals surface area contributed by atoms with Gasteiger partial charge < -0.3 is 14.8 Å². The molecule has 0 aliphatic carbocycles. The molecule has 0 saturated carbocycles. The first-order valence-electron chi connectivity index (χ1n) is 10.7. The molecule has 0 bridgehead atoms. The van der Waals surface area contributed by atoms with Crippen LogP contribution in [-0.2, 0) is 26.2 Å². The van der Waals surface area contributed by atoms with Crippen LogP contribution in [-0.4, -0.2) is 14.8 Å². The van der Waals surface area contributed by atoms with Gasteiger partial charge in [0.25, 0.3) is 0 Å². The molecule has 3 heteroatoms. The molecule has 0 unspecified atom stereocenters. The third-order valence-corrected chi connectivity index (χ3v) is 6.78. The number of benzene rings is 4. The van der Waals surface area contributed by atoms with Crippen LogP contribution in [0.2, 0.25) is 0 Å². The van der Waals surface area contributed by atoms with E-state index in [-0.39, 0.29) is 13.2 Å². The largest absolute Gasteiger partial charge is 0.392 e. The molecule has 0 amide bonds. The zero-order valence-electron chi connectivity index (χ0n) is 17.2. The van der Waals surface area contributed by atoms with Gasteiger partial charge in [0, 0.05) is 29.8 Å². The fourth-order valence-electron chi connectivity index (χ4n) is 5.43. The lowest BCUT2D eigenvalue weighted by Crippen LogP contribution is -2.16. The molecule has 0 saturated heterocycles. The molecule has 1 aromatic heterocycles. The highest BCUT2D eigenvalue weighted by Gasteiger charge is 2.29. The lowest BCUT2D eigenvalue weighted by molar-refractivity contribution is 0.260. The van der Waals surface area contributed by atoms with Crippen LogP contribution in [0, 0.1) is 0 Å². The monoisotopic (exact) mass is 405 g/mol. The topological polar surface area (TPSA) is 45.4 Å². The van der Waals surface area contributed by atoms with Crippen LogP contribution >= 0.6 is 0 Å². The van der Waals surface area contributed by atoms with Gasteiger partial charge in [0.05, 0.1) is 18.9 Å². The minimum atomic E-state index is -0.0854. The fourth-order valence-corrected chi connectivity index (χ4v) is 5.43. The molecule has 152 valence electrons. The Morgan fingerprint density at radius 1 is 0.613 bits per heavy atom. The van der Waals surface area contributed by atoms with E-state index in [1.165, 1.54) is 32.7 Å². The lowest BCUT2D eigenvalue weighted by atomic mass is 9.87. The number of aromatic nitrogens is 1. The summed E-state index contributed by atoms with van der Waals surface area (Å²) in [5.74, 6) is 0. The Bertz CT molecular complexity index is 1450. The molecule has 1 aliphatic heterocycles. The van der Waals surface area contributed by atoms with E-state index in [0.717, 1.165) is 41.0 Å². The third kappa shape index (κ3) is 2.61. The summed E-state index contributed by atoms with van der Waals surface area (Å²) in [7, 11) is 0. The molecule has 0 spiro atoms. The summed E-state index contributed by atoms with van der Waals surface area (Å²) in [6.07, 6.45) is 0.746. The second-order valence-corrected chi connectivity index (χ2v) is 8.25. The van der Waals surface area contributed by atoms with E-state index in [1.54, 1.807) is 0 Å². The normalized spacial score (nSPS) is 12.8. The second kappa shape index (κ2) is 7.09. The summed E-state index contributed by atoms with van der Waals surface area (Å²) in [5, 5.41) is 25.7. The first-order chi connectivity index (χ1) is 15.3. The Morgan fingerprint density at radius 2 is 1.16 bits per heavy atom. The first-order valence-corrected chi connectivity index (χ1v) is 10.7. The number of nitrogens with zero attached hydrogens (tertiary/aromatic N) is 1. The average molecular weight is 405 g/mol. The predicted octanol–water partition coefficient (Wildman–Crippen LogP) is 5.40. The van der Waals surface area contributed by atoms with Gasteiger partial charge in [0.2, 0.25) is 0 Å². The van der Waals surface area contributed by atoms with Crippen LogP contribution in [0.15, 0.2) is 78.9 Å². The van der Waals surface area contributed by atoms with Crippen molar-refractivity contribution in [2.24, 2.45) is 0 Å². The van der Waals surface area contributed by atoms with Gasteiger partial charge >= 0.3 is 0 Å². The SMILES string of the molecule is OCc1c(CO)c(-c2ccccc2)n2c1Cc1c(c3ccccc3c3ccccc13)C2. The van der Waals surface area contributed by atoms with E-state index in [1.807, 2.05) is 18.2 Å². The highest BCUT2D eigenvalue weighted by molar-refractivity contribution is 6.11. The van der Waals surface area contributed by atoms with Gasteiger partial charge in [-0.1, -0.05) is 78.9 Å². The number of fused-ring (bicyclic) bond motifs is 7. The Labute approximate surface area is 180 Å². The van der Waals surface area contributed by atoms with E-state index in [4.69, 9.17) is 0 Å². The van der Waals surface area contributed by atoms with Gasteiger partial charge in [-0.05, 0) is 38.2 Å². The number of hydrogen-bond acceptors (Lipinski definition) is 2. The van der Waals surface area contributed by atoms with Crippen molar-refractivity contribution in [3.8, 4) is 11.3 Å². The van der Waals surface area contributed by atoms with E-state index >= 15 is 0 Å². The molecule has 5 aromatic rings. The molecule has 1 aliphatic rings. The number of rotatable bonds is 3. The Kier molecular flexibility index (Phi) is 4.20. The summed E-state index contributed by atoms with van der Waals surface area (Å²) in [4.78, 5) is 0. The summed E-state index contributed by atoms with van der Waals surface area (Å²) in [5.41, 5.74) is 7.57. The van der Waals surface area contributed by atoms with Crippen molar-refractivity contribution in [2.45, 2.75) is 26.2 Å². The average Bonchev–Trinajstić information content (AvgIpc) is 3.16. The van der Waals surface area contributed by atoms with Gasteiger partial charge in [-0.2, -0.15) is 0 Å². The van der Waals surface area contributed by atoms with Crippen molar-refractivity contribution >= 4 is 21.5 Å². The molecule has 3 nitrogen and oxygen atoms in total. The molecular formula is C28H23NO2. The fraction of sp³-hybridized carbons (Fsp3) is 0.143. The van der Waals surface area contributed by atoms with Gasteiger partial charge in [-0.25, -0.2) is 0 Å². The van der Waals surface area contributed by atoms with Crippen molar-refractivity contribution in [1.82, 2.24) is 4.57 Å². The van der Waals surface area contributed by atoms with Crippen molar-refractivity contribution in [1.29, 1.82) is 0 Å². The van der Waals surface area contributed by atoms with Crippen LogP contribution < -0.4 is 0 Å². The Hall–Kier alpha value is -3.40. The number of hydrogen-bond donors (Lipinski definition) is 2. The number of aliphatic hydroxyl groups is 2. The highest BCUT2D eigenvalue weighted by Crippen LogP contribution is 2.42. The summed E-state index contributed by atoms with van der Waals surface area (Å²) >= 11 is 0. The Balaban J connectivity index is 1.69. The maximum Gasteiger partial charge on any atom is 0.0706 e. The van der Waals surface area contributed by atoms with Gasteiger partial charge in [0.15, 0.2) is 0 Å². The van der Waals surface area contributed by atoms with Crippen molar-refractivity contribution in [2.75, 3.05) is 0 Å². The molecule has 2 heterocycles. The quantitative estimate of drug-likeness (QED) is 0.387. The maximum absolute atomic E-state index is 10.3. The zero-order chi connectivity index (χ0) is 20.9. The standard InChI is InChI=1S/C28H23NO2/c30-16-25-26(17-31)28(18-8-2-1-3-9-18)29-15-24-22-13-7-5-11-20(22)19-10-4-6-12-21(19)23(24)14-27(25)29/h1-13,30-31H,14-17H2. The van der Waals surface area contributed by atoms with Crippen LogP contribution in [0.5, 0.6) is 0 Å². The minimum Gasteiger partial charge on any atom is -0.392 e. The third-order valence-electron chi connectivity index (χ3n) is 6.78. The predicted molar refractivity (Wildman–Crippen MR) is 125 cm³/mol. The highest BCUT2D eigenvalue weighted by atomic mass is 16.3. The van der Waals surface area contributed by atoms with Crippen LogP contribution in [0.4, 0.5) is 0 Å². The molecule has 31 heavy (non-hydrogen) atoms. The van der Waals surface area contributed by atoms with E-state index in [0.29, 0.717) is 0 Å². The van der Waals surface area contributed by atoms with Crippen LogP contribution in [0.25, 0.3) is 32.8 Å². The molecule has 4 aromatic carbocycles. The number of aliphatic hydroxyl groups excluding tert-OH is 2. The van der Waals surface area contributed by atoms with Crippen molar-refractivity contribution in [3.05, 3.63) is 107 Å². The van der Waals surface area contributed by atoms with Gasteiger partial charge in [-0.3, -0.25) is 0 Å². The zero-order valence-corrected chi connectivity index (χ0v) is 17.2. The van der Waals surface area contributed by atoms with Gasteiger partial charge in [-0.15, -0.1) is 0 Å². The molecule has 0 atom stereocenters. The van der Waals surface area contributed by atoms with Gasteiger partial charge in [0.1, 0.15) is 0 Å². The summed E-state index contributed by atoms with van der Waals surface area (Å²) < 4.78 is 2.32. The molecule has 0 radical (unpaired) electrons. The molecular weight excluding hydrogens is 382 g/mol. The first kappa shape index (κ1) is 18.4. The van der Waals surface area contributed by atoms with Crippen molar-refractivity contribution < 1.29 is 10.2 Å². The Morgan fingerprint density at radius 3 is 1.77 bits per heavy atom. The summed E-state index contributed by atoms with van der Waals surface area (Å²) in [6, 6.07) is 27.5. The van der Waals surface area contributed by atoms with E-state index in [9.17, 15) is 10.2 Å². The maximum atomic E-state index is 10.3. The van der Waals surface area contributed by atoms with Crippen LogP contribution in [0.3, 0.4) is 0 Å². The lowest BCUT2D eigenvalue weighted by Gasteiger charge is -2.26. The van der Waals surface area contributed by atoms with Crippen LogP contribution in [0.1, 0.15) is 27.9 Å². The minimum absolute atomic E-state index is 0.0705.